The van der Waals surface area contributed by atoms with E-state index in [1.807, 2.05) is 36.6 Å². The summed E-state index contributed by atoms with van der Waals surface area (Å²) >= 11 is 1.46. The van der Waals surface area contributed by atoms with E-state index in [4.69, 9.17) is 0 Å². The van der Waals surface area contributed by atoms with Gasteiger partial charge in [-0.2, -0.15) is 0 Å². The van der Waals surface area contributed by atoms with E-state index in [1.54, 1.807) is 0 Å². The Balaban J connectivity index is 1.63. The second kappa shape index (κ2) is 7.80. The number of hydrogen-bond donors (Lipinski definition) is 1. The van der Waals surface area contributed by atoms with Crippen molar-refractivity contribution in [1.82, 2.24) is 9.88 Å². The zero-order chi connectivity index (χ0) is 20.7. The molecule has 6 heteroatoms. The van der Waals surface area contributed by atoms with Crippen LogP contribution >= 0.6 is 11.3 Å². The van der Waals surface area contributed by atoms with Crippen LogP contribution in [0.25, 0.3) is 0 Å². The molecular weight excluding hydrogens is 394 g/mol. The van der Waals surface area contributed by atoms with Crippen LogP contribution in [0.1, 0.15) is 85.3 Å². The molecule has 2 aromatic rings. The molecule has 2 saturated carbocycles. The van der Waals surface area contributed by atoms with Crippen molar-refractivity contribution in [1.29, 1.82) is 0 Å². The van der Waals surface area contributed by atoms with Crippen molar-refractivity contribution in [2.45, 2.75) is 82.2 Å². The van der Waals surface area contributed by atoms with E-state index < -0.39 is 5.54 Å². The van der Waals surface area contributed by atoms with E-state index in [0.717, 1.165) is 49.8 Å². The van der Waals surface area contributed by atoms with Crippen molar-refractivity contribution in [3.8, 4) is 0 Å². The first-order valence-corrected chi connectivity index (χ1v) is 12.1. The molecule has 1 spiro atoms. The highest BCUT2D eigenvalue weighted by Gasteiger charge is 2.56. The molecule has 2 aliphatic carbocycles. The van der Waals surface area contributed by atoms with Gasteiger partial charge in [0.05, 0.1) is 17.2 Å². The number of fused-ring (bicyclic) bond motifs is 1. The van der Waals surface area contributed by atoms with Gasteiger partial charge in [-0.15, -0.1) is 11.3 Å². The number of carbonyl (C=O) groups is 2. The molecule has 30 heavy (non-hydrogen) atoms. The molecule has 1 aromatic heterocycles. The molecule has 2 amide bonds. The lowest BCUT2D eigenvalue weighted by Gasteiger charge is -2.55. The van der Waals surface area contributed by atoms with Crippen molar-refractivity contribution in [3.05, 3.63) is 46.5 Å². The zero-order valence-electron chi connectivity index (χ0n) is 17.5. The Hall–Kier alpha value is -2.21. The van der Waals surface area contributed by atoms with Gasteiger partial charge >= 0.3 is 0 Å². The molecule has 3 aliphatic rings. The first-order valence-electron chi connectivity index (χ1n) is 11.3. The first-order chi connectivity index (χ1) is 14.6. The van der Waals surface area contributed by atoms with Crippen LogP contribution in [0.3, 0.4) is 0 Å². The quantitative estimate of drug-likeness (QED) is 0.731. The van der Waals surface area contributed by atoms with Crippen LogP contribution in [0.4, 0.5) is 5.13 Å². The number of amides is 2. The second-order valence-electron chi connectivity index (χ2n) is 9.08. The summed E-state index contributed by atoms with van der Waals surface area (Å²) in [5.74, 6) is -0.237. The number of carbonyl (C=O) groups excluding carboxylic acids is 2. The SMILES string of the molecule is Cc1csc(NC(=O)C2c3ccccc3C(=O)N(C3CCCC3)C23CCCCC3)n1. The molecule has 0 radical (unpaired) electrons. The van der Waals surface area contributed by atoms with Crippen LogP contribution in [0, 0.1) is 6.92 Å². The minimum Gasteiger partial charge on any atom is -0.329 e. The van der Waals surface area contributed by atoms with E-state index in [-0.39, 0.29) is 23.8 Å². The predicted octanol–water partition coefficient (Wildman–Crippen LogP) is 5.28. The van der Waals surface area contributed by atoms with Gasteiger partial charge in [0.2, 0.25) is 5.91 Å². The molecule has 5 rings (SSSR count). The van der Waals surface area contributed by atoms with Crippen LogP contribution in [0.2, 0.25) is 0 Å². The summed E-state index contributed by atoms with van der Waals surface area (Å²) in [5.41, 5.74) is 2.09. The number of hydrogen-bond acceptors (Lipinski definition) is 4. The second-order valence-corrected chi connectivity index (χ2v) is 9.94. The van der Waals surface area contributed by atoms with Gasteiger partial charge in [0.25, 0.3) is 5.91 Å². The third kappa shape index (κ3) is 3.16. The number of aryl methyl sites for hydroxylation is 1. The van der Waals surface area contributed by atoms with Gasteiger partial charge in [0.1, 0.15) is 0 Å². The summed E-state index contributed by atoms with van der Waals surface area (Å²) in [6.45, 7) is 1.94. The Kier molecular flexibility index (Phi) is 5.13. The van der Waals surface area contributed by atoms with Crippen LogP contribution in [-0.2, 0) is 4.79 Å². The number of nitrogens with one attached hydrogen (secondary N) is 1. The standard InChI is InChI=1S/C24H29N3O2S/c1-16-15-30-23(25-16)26-21(28)20-18-11-5-6-12-19(18)22(29)27(17-9-3-4-10-17)24(20)13-7-2-8-14-24/h5-6,11-12,15,17,20H,2-4,7-10,13-14H2,1H3,(H,25,26,28). The fourth-order valence-electron chi connectivity index (χ4n) is 6.06. The summed E-state index contributed by atoms with van der Waals surface area (Å²) in [4.78, 5) is 34.2. The van der Waals surface area contributed by atoms with Gasteiger partial charge in [0, 0.05) is 17.0 Å². The van der Waals surface area contributed by atoms with Crippen molar-refractivity contribution in [3.63, 3.8) is 0 Å². The number of rotatable bonds is 3. The highest BCUT2D eigenvalue weighted by Crippen LogP contribution is 2.51. The fourth-order valence-corrected chi connectivity index (χ4v) is 6.75. The van der Waals surface area contributed by atoms with Gasteiger partial charge in [0.15, 0.2) is 5.13 Å². The maximum Gasteiger partial charge on any atom is 0.254 e. The van der Waals surface area contributed by atoms with E-state index in [9.17, 15) is 9.59 Å². The lowest BCUT2D eigenvalue weighted by molar-refractivity contribution is -0.123. The number of anilines is 1. The largest absolute Gasteiger partial charge is 0.329 e. The average Bonchev–Trinajstić information content (AvgIpc) is 3.41. The molecule has 0 saturated heterocycles. The lowest BCUT2D eigenvalue weighted by Crippen LogP contribution is -2.64. The Morgan fingerprint density at radius 2 is 1.87 bits per heavy atom. The minimum absolute atomic E-state index is 0.0193. The highest BCUT2D eigenvalue weighted by atomic mass is 32.1. The molecule has 2 heterocycles. The van der Waals surface area contributed by atoms with Crippen molar-refractivity contribution in [2.24, 2.45) is 0 Å². The van der Waals surface area contributed by atoms with Crippen LogP contribution in [0.15, 0.2) is 29.6 Å². The summed E-state index contributed by atoms with van der Waals surface area (Å²) in [7, 11) is 0. The van der Waals surface area contributed by atoms with Crippen molar-refractivity contribution < 1.29 is 9.59 Å². The molecule has 1 aliphatic heterocycles. The van der Waals surface area contributed by atoms with Gasteiger partial charge < -0.3 is 10.2 Å². The Bertz CT molecular complexity index is 957. The topological polar surface area (TPSA) is 62.3 Å². The molecule has 1 atom stereocenters. The highest BCUT2D eigenvalue weighted by molar-refractivity contribution is 7.13. The average molecular weight is 424 g/mol. The number of aromatic nitrogens is 1. The lowest BCUT2D eigenvalue weighted by atomic mass is 9.64. The Morgan fingerprint density at radius 1 is 1.13 bits per heavy atom. The van der Waals surface area contributed by atoms with Crippen LogP contribution in [-0.4, -0.2) is 33.3 Å². The third-order valence-electron chi connectivity index (χ3n) is 7.26. The van der Waals surface area contributed by atoms with E-state index >= 15 is 0 Å². The number of benzene rings is 1. The summed E-state index contributed by atoms with van der Waals surface area (Å²) < 4.78 is 0. The van der Waals surface area contributed by atoms with E-state index in [1.165, 1.54) is 30.6 Å². The molecule has 158 valence electrons. The normalized spacial score (nSPS) is 23.6. The first kappa shape index (κ1) is 19.7. The Morgan fingerprint density at radius 3 is 2.57 bits per heavy atom. The molecule has 1 unspecified atom stereocenters. The molecule has 5 nitrogen and oxygen atoms in total. The zero-order valence-corrected chi connectivity index (χ0v) is 18.3. The fraction of sp³-hybridized carbons (Fsp3) is 0.542. The summed E-state index contributed by atoms with van der Waals surface area (Å²) in [6, 6.07) is 8.03. The number of nitrogens with zero attached hydrogens (tertiary/aromatic N) is 2. The molecule has 0 bridgehead atoms. The van der Waals surface area contributed by atoms with Crippen molar-refractivity contribution in [2.75, 3.05) is 5.32 Å². The number of thiazole rings is 1. The molecule has 1 N–H and O–H groups in total. The maximum atomic E-state index is 13.8. The van der Waals surface area contributed by atoms with E-state index in [2.05, 4.69) is 15.2 Å². The van der Waals surface area contributed by atoms with Gasteiger partial charge in [-0.1, -0.05) is 50.3 Å². The molecular formula is C24H29N3O2S. The van der Waals surface area contributed by atoms with Gasteiger partial charge in [-0.25, -0.2) is 4.98 Å². The minimum atomic E-state index is -0.422. The third-order valence-corrected chi connectivity index (χ3v) is 8.13. The summed E-state index contributed by atoms with van der Waals surface area (Å²) in [6.07, 6.45) is 9.55. The van der Waals surface area contributed by atoms with E-state index in [0.29, 0.717) is 10.7 Å². The molecule has 1 aromatic carbocycles. The Labute approximate surface area is 181 Å². The summed E-state index contributed by atoms with van der Waals surface area (Å²) in [5, 5.41) is 5.70. The van der Waals surface area contributed by atoms with Crippen LogP contribution < -0.4 is 5.32 Å². The monoisotopic (exact) mass is 423 g/mol. The smallest absolute Gasteiger partial charge is 0.254 e. The molecule has 2 fully saturated rings. The van der Waals surface area contributed by atoms with Gasteiger partial charge in [-0.3, -0.25) is 9.59 Å². The van der Waals surface area contributed by atoms with Crippen LogP contribution in [0.5, 0.6) is 0 Å². The maximum absolute atomic E-state index is 13.8. The van der Waals surface area contributed by atoms with Gasteiger partial charge in [-0.05, 0) is 44.2 Å². The predicted molar refractivity (Wildman–Crippen MR) is 119 cm³/mol. The van der Waals surface area contributed by atoms with Crippen molar-refractivity contribution >= 4 is 28.3 Å².